The van der Waals surface area contributed by atoms with Gasteiger partial charge in [-0.3, -0.25) is 14.5 Å². The Kier molecular flexibility index (Phi) is 34.6. The number of esters is 2. The van der Waals surface area contributed by atoms with Crippen molar-refractivity contribution >= 4 is 11.9 Å². The number of aliphatic hydroxyl groups is 1. The maximum atomic E-state index is 12.8. The molecule has 1 fully saturated rings. The molecule has 0 radical (unpaired) electrons. The molecule has 0 amide bonds. The van der Waals surface area contributed by atoms with Crippen LogP contribution in [0.25, 0.3) is 0 Å². The van der Waals surface area contributed by atoms with Gasteiger partial charge in [0.05, 0.1) is 13.2 Å². The number of carbonyl (C=O) groups is 2. The first-order valence-electron chi connectivity index (χ1n) is 23.3. The van der Waals surface area contributed by atoms with Crippen LogP contribution in [-0.2, 0) is 19.1 Å². The van der Waals surface area contributed by atoms with Crippen LogP contribution in [-0.4, -0.2) is 59.9 Å². The molecule has 2 unspecified atom stereocenters. The zero-order valence-corrected chi connectivity index (χ0v) is 35.1. The molecule has 0 aromatic rings. The topological polar surface area (TPSA) is 76.1 Å². The van der Waals surface area contributed by atoms with E-state index in [0.717, 1.165) is 64.3 Å². The summed E-state index contributed by atoms with van der Waals surface area (Å²) in [4.78, 5) is 27.6. The Morgan fingerprint density at radius 2 is 0.942 bits per heavy atom. The lowest BCUT2D eigenvalue weighted by Crippen LogP contribution is -2.38. The molecule has 0 aromatic carbocycles. The maximum Gasteiger partial charge on any atom is 0.306 e. The Labute approximate surface area is 323 Å². The van der Waals surface area contributed by atoms with E-state index in [9.17, 15) is 14.7 Å². The second kappa shape index (κ2) is 36.8. The number of β-amino-alcohol motifs (C(OH)–C–C–N with tert-alkyl or cyclic N) is 1. The van der Waals surface area contributed by atoms with Gasteiger partial charge in [0.25, 0.3) is 0 Å². The highest BCUT2D eigenvalue weighted by atomic mass is 16.5. The molecular weight excluding hydrogens is 647 g/mol. The van der Waals surface area contributed by atoms with Crippen LogP contribution in [0.3, 0.4) is 0 Å². The van der Waals surface area contributed by atoms with Gasteiger partial charge < -0.3 is 14.6 Å². The minimum absolute atomic E-state index is 0.0155. The summed E-state index contributed by atoms with van der Waals surface area (Å²) in [6.45, 7) is 8.32. The summed E-state index contributed by atoms with van der Waals surface area (Å²) in [5.41, 5.74) is 0. The number of aliphatic hydroxyl groups excluding tert-OH is 1. The second-order valence-electron chi connectivity index (χ2n) is 16.3. The Balaban J connectivity index is 2.20. The molecule has 1 aliphatic rings. The fourth-order valence-electron chi connectivity index (χ4n) is 8.25. The predicted molar refractivity (Wildman–Crippen MR) is 221 cm³/mol. The molecular formula is C46H89NO5. The number of nitrogens with zero attached hydrogens (tertiary/aromatic N) is 1. The summed E-state index contributed by atoms with van der Waals surface area (Å²) >= 11 is 0. The molecule has 0 saturated carbocycles. The maximum absolute atomic E-state index is 12.8. The van der Waals surface area contributed by atoms with Gasteiger partial charge in [-0.15, -0.1) is 0 Å². The van der Waals surface area contributed by atoms with Crippen molar-refractivity contribution in [3.05, 3.63) is 0 Å². The third-order valence-electron chi connectivity index (χ3n) is 11.5. The summed E-state index contributed by atoms with van der Waals surface area (Å²) in [5, 5.41) is 9.79. The molecule has 308 valence electrons. The molecule has 6 heteroatoms. The van der Waals surface area contributed by atoms with Crippen molar-refractivity contribution in [1.82, 2.24) is 4.90 Å². The normalized spacial score (nSPS) is 16.2. The molecule has 1 rings (SSSR count). The standard InChI is InChI=1S/C46H89NO5/c1-4-7-10-13-16-17-18-23-30-41-51-45(49)35-29-28-32-43-38-37-42(47(43)39-40-48)31-24-21-22-27-36-46(50)52-44(33-25-19-14-11-8-5-2)34-26-20-15-12-9-6-3/h42-44,48H,4-41H2,1-3H3. The minimum atomic E-state index is -0.0366. The number of ether oxygens (including phenoxy) is 2. The van der Waals surface area contributed by atoms with E-state index < -0.39 is 0 Å². The van der Waals surface area contributed by atoms with Crippen molar-refractivity contribution in [2.45, 2.75) is 264 Å². The van der Waals surface area contributed by atoms with Crippen molar-refractivity contribution < 1.29 is 24.2 Å². The third-order valence-corrected chi connectivity index (χ3v) is 11.5. The Morgan fingerprint density at radius 3 is 1.46 bits per heavy atom. The van der Waals surface area contributed by atoms with Crippen molar-refractivity contribution in [2.24, 2.45) is 0 Å². The van der Waals surface area contributed by atoms with Gasteiger partial charge in [0, 0.05) is 31.5 Å². The van der Waals surface area contributed by atoms with E-state index in [0.29, 0.717) is 31.5 Å². The van der Waals surface area contributed by atoms with Gasteiger partial charge >= 0.3 is 11.9 Å². The Morgan fingerprint density at radius 1 is 0.538 bits per heavy atom. The monoisotopic (exact) mass is 736 g/mol. The van der Waals surface area contributed by atoms with Gasteiger partial charge in [0.1, 0.15) is 6.10 Å². The lowest BCUT2D eigenvalue weighted by atomic mass is 10.0. The number of hydrogen-bond acceptors (Lipinski definition) is 6. The number of likely N-dealkylation sites (tertiary alicyclic amines) is 1. The van der Waals surface area contributed by atoms with Crippen LogP contribution >= 0.6 is 0 Å². The first kappa shape index (κ1) is 48.9. The minimum Gasteiger partial charge on any atom is -0.466 e. The van der Waals surface area contributed by atoms with E-state index >= 15 is 0 Å². The second-order valence-corrected chi connectivity index (χ2v) is 16.3. The molecule has 1 N–H and O–H groups in total. The smallest absolute Gasteiger partial charge is 0.306 e. The fraction of sp³-hybridized carbons (Fsp3) is 0.957. The molecule has 1 aliphatic heterocycles. The van der Waals surface area contributed by atoms with Crippen molar-refractivity contribution in [3.8, 4) is 0 Å². The van der Waals surface area contributed by atoms with Crippen LogP contribution in [0, 0.1) is 0 Å². The van der Waals surface area contributed by atoms with Gasteiger partial charge in [-0.25, -0.2) is 0 Å². The number of carbonyl (C=O) groups excluding carboxylic acids is 2. The van der Waals surface area contributed by atoms with Gasteiger partial charge in [0.15, 0.2) is 0 Å². The van der Waals surface area contributed by atoms with Crippen molar-refractivity contribution in [3.63, 3.8) is 0 Å². The van der Waals surface area contributed by atoms with Crippen LogP contribution in [0.15, 0.2) is 0 Å². The largest absolute Gasteiger partial charge is 0.466 e. The van der Waals surface area contributed by atoms with Crippen molar-refractivity contribution in [1.29, 1.82) is 0 Å². The quantitative estimate of drug-likeness (QED) is 0.0500. The Hall–Kier alpha value is -1.14. The van der Waals surface area contributed by atoms with E-state index in [2.05, 4.69) is 25.7 Å². The zero-order chi connectivity index (χ0) is 37.7. The molecule has 6 nitrogen and oxygen atoms in total. The van der Waals surface area contributed by atoms with E-state index in [1.807, 2.05) is 0 Å². The number of hydrogen-bond donors (Lipinski definition) is 1. The third kappa shape index (κ3) is 28.3. The molecule has 52 heavy (non-hydrogen) atoms. The van der Waals surface area contributed by atoms with E-state index in [1.54, 1.807) is 0 Å². The highest BCUT2D eigenvalue weighted by Gasteiger charge is 2.32. The highest BCUT2D eigenvalue weighted by molar-refractivity contribution is 5.69. The van der Waals surface area contributed by atoms with Crippen LogP contribution in [0.5, 0.6) is 0 Å². The van der Waals surface area contributed by atoms with Gasteiger partial charge in [-0.05, 0) is 70.6 Å². The van der Waals surface area contributed by atoms with Crippen LogP contribution < -0.4 is 0 Å². The average Bonchev–Trinajstić information content (AvgIpc) is 3.52. The summed E-state index contributed by atoms with van der Waals surface area (Å²) in [6, 6.07) is 1.07. The SMILES string of the molecule is CCCCCCCCCCCOC(=O)CCCCC1CCC(CCCCCCC(=O)OC(CCCCCCCC)CCCCCCCC)N1CCO. The molecule has 0 aromatic heterocycles. The first-order valence-corrected chi connectivity index (χ1v) is 23.3. The van der Waals surface area contributed by atoms with Gasteiger partial charge in [0.2, 0.25) is 0 Å². The predicted octanol–water partition coefficient (Wildman–Crippen LogP) is 13.2. The van der Waals surface area contributed by atoms with E-state index in [-0.39, 0.29) is 24.6 Å². The lowest BCUT2D eigenvalue weighted by Gasteiger charge is -2.29. The van der Waals surface area contributed by atoms with Crippen LogP contribution in [0.2, 0.25) is 0 Å². The first-order chi connectivity index (χ1) is 25.5. The summed E-state index contributed by atoms with van der Waals surface area (Å²) in [7, 11) is 0. The molecule has 0 aliphatic carbocycles. The van der Waals surface area contributed by atoms with Crippen molar-refractivity contribution in [2.75, 3.05) is 19.8 Å². The molecule has 0 spiro atoms. The fourth-order valence-corrected chi connectivity index (χ4v) is 8.25. The Bertz CT molecular complexity index is 775. The van der Waals surface area contributed by atoms with Gasteiger partial charge in [-0.1, -0.05) is 162 Å². The lowest BCUT2D eigenvalue weighted by molar-refractivity contribution is -0.150. The average molecular weight is 736 g/mol. The molecule has 1 saturated heterocycles. The van der Waals surface area contributed by atoms with E-state index in [4.69, 9.17) is 9.47 Å². The molecule has 1 heterocycles. The number of unbranched alkanes of at least 4 members (excludes halogenated alkanes) is 22. The number of rotatable bonds is 39. The summed E-state index contributed by atoms with van der Waals surface area (Å²) in [5.74, 6) is -0.0210. The molecule has 2 atom stereocenters. The molecule has 0 bridgehead atoms. The van der Waals surface area contributed by atoms with Gasteiger partial charge in [-0.2, -0.15) is 0 Å². The van der Waals surface area contributed by atoms with Crippen LogP contribution in [0.1, 0.15) is 245 Å². The summed E-state index contributed by atoms with van der Waals surface area (Å²) < 4.78 is 11.6. The van der Waals surface area contributed by atoms with Crippen LogP contribution in [0.4, 0.5) is 0 Å². The highest BCUT2D eigenvalue weighted by Crippen LogP contribution is 2.31. The summed E-state index contributed by atoms with van der Waals surface area (Å²) in [6.07, 6.45) is 41.1. The zero-order valence-electron chi connectivity index (χ0n) is 35.1. The van der Waals surface area contributed by atoms with E-state index in [1.165, 1.54) is 154 Å².